The molecule has 6 nitrogen and oxygen atoms in total. The number of aliphatic imine (C=N–C) groups is 1. The van der Waals surface area contributed by atoms with E-state index < -0.39 is 0 Å². The average Bonchev–Trinajstić information content (AvgIpc) is 3.64. The van der Waals surface area contributed by atoms with Gasteiger partial charge in [0, 0.05) is 23.1 Å². The molecule has 0 N–H and O–H groups in total. The van der Waals surface area contributed by atoms with Gasteiger partial charge in [0.15, 0.2) is 16.7 Å². The second-order valence-electron chi connectivity index (χ2n) is 9.89. The Bertz CT molecular complexity index is 1650. The summed E-state index contributed by atoms with van der Waals surface area (Å²) in [6, 6.07) is 24.4. The van der Waals surface area contributed by atoms with Gasteiger partial charge in [-0.25, -0.2) is 4.99 Å². The number of ether oxygens (including phenoxy) is 2. The average molecular weight is 550 g/mol. The highest BCUT2D eigenvalue weighted by atomic mass is 32.2. The van der Waals surface area contributed by atoms with E-state index in [2.05, 4.69) is 62.6 Å². The Balaban J connectivity index is 1.38. The summed E-state index contributed by atoms with van der Waals surface area (Å²) in [6.45, 7) is 8.63. The number of amidine groups is 1. The normalized spacial score (nSPS) is 16.5. The molecule has 1 aromatic heterocycles. The van der Waals surface area contributed by atoms with Crippen molar-refractivity contribution in [2.24, 2.45) is 4.99 Å². The minimum atomic E-state index is -0.0777. The standard InChI is InChI=1S/C33H31N3O3S/c1-5-23-7-11-26(12-8-23)34-33-36(27-13-9-24(6-2)10-14-27)32(37)31(40-33)18-25-17-21(3)35(22(25)4)28-15-16-29-30(19-28)39-20-38-29/h7-19H,5-6,20H2,1-4H3/b31-18-,34-33?. The highest BCUT2D eigenvalue weighted by Crippen LogP contribution is 2.39. The van der Waals surface area contributed by atoms with Crippen LogP contribution in [-0.2, 0) is 17.6 Å². The van der Waals surface area contributed by atoms with Gasteiger partial charge in [0.25, 0.3) is 5.91 Å². The Labute approximate surface area is 239 Å². The maximum Gasteiger partial charge on any atom is 0.271 e. The van der Waals surface area contributed by atoms with Crippen molar-refractivity contribution < 1.29 is 14.3 Å². The van der Waals surface area contributed by atoms with Gasteiger partial charge in [0.1, 0.15) is 0 Å². The number of nitrogens with zero attached hydrogens (tertiary/aromatic N) is 3. The molecule has 0 unspecified atom stereocenters. The molecule has 3 heterocycles. The van der Waals surface area contributed by atoms with Crippen molar-refractivity contribution >= 4 is 40.3 Å². The highest BCUT2D eigenvalue weighted by molar-refractivity contribution is 8.19. The van der Waals surface area contributed by atoms with E-state index in [1.165, 1.54) is 22.9 Å². The van der Waals surface area contributed by atoms with Gasteiger partial charge in [0.2, 0.25) is 6.79 Å². The highest BCUT2D eigenvalue weighted by Gasteiger charge is 2.35. The first-order valence-corrected chi connectivity index (χ1v) is 14.4. The lowest BCUT2D eigenvalue weighted by atomic mass is 10.1. The summed E-state index contributed by atoms with van der Waals surface area (Å²) in [5, 5.41) is 0.648. The van der Waals surface area contributed by atoms with Gasteiger partial charge in [0.05, 0.1) is 16.3 Å². The van der Waals surface area contributed by atoms with Gasteiger partial charge in [-0.2, -0.15) is 0 Å². The van der Waals surface area contributed by atoms with E-state index in [4.69, 9.17) is 14.5 Å². The molecule has 0 radical (unpaired) electrons. The molecule has 2 aliphatic rings. The van der Waals surface area contributed by atoms with Crippen molar-refractivity contribution in [3.63, 3.8) is 0 Å². The van der Waals surface area contributed by atoms with E-state index in [-0.39, 0.29) is 12.7 Å². The molecule has 2 aliphatic heterocycles. The second-order valence-corrected chi connectivity index (χ2v) is 10.9. The maximum absolute atomic E-state index is 13.9. The third-order valence-corrected chi connectivity index (χ3v) is 8.32. The van der Waals surface area contributed by atoms with Crippen LogP contribution in [0, 0.1) is 13.8 Å². The van der Waals surface area contributed by atoms with Crippen LogP contribution in [0.4, 0.5) is 11.4 Å². The van der Waals surface area contributed by atoms with Crippen molar-refractivity contribution in [2.45, 2.75) is 40.5 Å². The van der Waals surface area contributed by atoms with Crippen LogP contribution >= 0.6 is 11.8 Å². The van der Waals surface area contributed by atoms with Gasteiger partial charge < -0.3 is 14.0 Å². The molecule has 1 saturated heterocycles. The van der Waals surface area contributed by atoms with E-state index >= 15 is 0 Å². The number of carbonyl (C=O) groups excluding carboxylic acids is 1. The van der Waals surface area contributed by atoms with E-state index in [1.807, 2.05) is 48.5 Å². The summed E-state index contributed by atoms with van der Waals surface area (Å²) in [6.07, 6.45) is 3.89. The van der Waals surface area contributed by atoms with Crippen LogP contribution in [0.3, 0.4) is 0 Å². The van der Waals surface area contributed by atoms with E-state index in [0.29, 0.717) is 10.1 Å². The molecule has 0 spiro atoms. The number of anilines is 1. The molecule has 1 fully saturated rings. The number of aryl methyl sites for hydroxylation is 3. The smallest absolute Gasteiger partial charge is 0.271 e. The number of hydrogen-bond acceptors (Lipinski definition) is 5. The molecular weight excluding hydrogens is 518 g/mol. The van der Waals surface area contributed by atoms with Gasteiger partial charge in [-0.3, -0.25) is 9.69 Å². The third-order valence-electron chi connectivity index (χ3n) is 7.35. The molecule has 40 heavy (non-hydrogen) atoms. The summed E-state index contributed by atoms with van der Waals surface area (Å²) in [7, 11) is 0. The Morgan fingerprint density at radius 3 is 2.20 bits per heavy atom. The van der Waals surface area contributed by atoms with Gasteiger partial charge in [-0.05, 0) is 104 Å². The van der Waals surface area contributed by atoms with Crippen molar-refractivity contribution in [2.75, 3.05) is 11.7 Å². The van der Waals surface area contributed by atoms with Gasteiger partial charge in [-0.15, -0.1) is 0 Å². The molecule has 3 aromatic carbocycles. The number of thioether (sulfide) groups is 1. The Morgan fingerprint density at radius 2 is 1.50 bits per heavy atom. The lowest BCUT2D eigenvalue weighted by molar-refractivity contribution is -0.113. The number of amides is 1. The van der Waals surface area contributed by atoms with Crippen LogP contribution in [-0.4, -0.2) is 22.4 Å². The fourth-order valence-electron chi connectivity index (χ4n) is 5.07. The predicted molar refractivity (Wildman–Crippen MR) is 163 cm³/mol. The van der Waals surface area contributed by atoms with Crippen LogP contribution in [0.25, 0.3) is 11.8 Å². The number of aromatic nitrogens is 1. The fraction of sp³-hybridized carbons (Fsp3) is 0.212. The zero-order chi connectivity index (χ0) is 27.8. The molecule has 0 atom stereocenters. The first-order valence-electron chi connectivity index (χ1n) is 13.5. The first kappa shape index (κ1) is 26.0. The Hall–Kier alpha value is -4.23. The lowest BCUT2D eigenvalue weighted by Crippen LogP contribution is -2.28. The first-order chi connectivity index (χ1) is 19.4. The lowest BCUT2D eigenvalue weighted by Gasteiger charge is -2.16. The maximum atomic E-state index is 13.9. The summed E-state index contributed by atoms with van der Waals surface area (Å²) >= 11 is 1.41. The molecule has 4 aromatic rings. The number of carbonyl (C=O) groups is 1. The van der Waals surface area contributed by atoms with Crippen LogP contribution in [0.15, 0.2) is 82.7 Å². The van der Waals surface area contributed by atoms with Crippen LogP contribution in [0.1, 0.15) is 41.9 Å². The topological polar surface area (TPSA) is 56.1 Å². The zero-order valence-corrected chi connectivity index (χ0v) is 23.9. The monoisotopic (exact) mass is 549 g/mol. The molecule has 0 saturated carbocycles. The molecule has 0 aliphatic carbocycles. The number of fused-ring (bicyclic) bond motifs is 1. The SMILES string of the molecule is CCc1ccc(N=C2S/C(=C\c3cc(C)n(-c4ccc5c(c4)OCO5)c3C)C(=O)N2c2ccc(CC)cc2)cc1. The van der Waals surface area contributed by atoms with E-state index in [0.717, 1.165) is 58.4 Å². The third kappa shape index (κ3) is 4.82. The van der Waals surface area contributed by atoms with Crippen LogP contribution in [0.2, 0.25) is 0 Å². The quantitative estimate of drug-likeness (QED) is 0.231. The summed E-state index contributed by atoms with van der Waals surface area (Å²) in [5.74, 6) is 1.42. The minimum Gasteiger partial charge on any atom is -0.454 e. The number of benzene rings is 3. The van der Waals surface area contributed by atoms with Crippen molar-refractivity contribution in [1.82, 2.24) is 4.57 Å². The zero-order valence-electron chi connectivity index (χ0n) is 23.1. The van der Waals surface area contributed by atoms with Crippen LogP contribution < -0.4 is 14.4 Å². The summed E-state index contributed by atoms with van der Waals surface area (Å²) in [4.78, 5) is 21.2. The van der Waals surface area contributed by atoms with E-state index in [1.54, 1.807) is 4.90 Å². The summed E-state index contributed by atoms with van der Waals surface area (Å²) in [5.41, 5.74) is 8.20. The predicted octanol–water partition coefficient (Wildman–Crippen LogP) is 7.76. The van der Waals surface area contributed by atoms with Crippen LogP contribution in [0.5, 0.6) is 11.5 Å². The molecule has 7 heteroatoms. The van der Waals surface area contributed by atoms with Crippen molar-refractivity contribution in [1.29, 1.82) is 0 Å². The second kappa shape index (κ2) is 10.7. The minimum absolute atomic E-state index is 0.0777. The molecule has 202 valence electrons. The Kier molecular flexibility index (Phi) is 6.98. The Morgan fingerprint density at radius 1 is 0.850 bits per heavy atom. The van der Waals surface area contributed by atoms with Gasteiger partial charge in [-0.1, -0.05) is 38.1 Å². The molecule has 6 rings (SSSR count). The number of rotatable bonds is 6. The van der Waals surface area contributed by atoms with Crippen molar-refractivity contribution in [3.8, 4) is 17.2 Å². The van der Waals surface area contributed by atoms with Crippen molar-refractivity contribution in [3.05, 3.63) is 106 Å². The van der Waals surface area contributed by atoms with Gasteiger partial charge >= 0.3 is 0 Å². The molecular formula is C33H31N3O3S. The van der Waals surface area contributed by atoms with E-state index in [9.17, 15) is 4.79 Å². The molecule has 1 amide bonds. The fourth-order valence-corrected chi connectivity index (χ4v) is 6.06. The largest absolute Gasteiger partial charge is 0.454 e. The molecule has 0 bridgehead atoms. The summed E-state index contributed by atoms with van der Waals surface area (Å²) < 4.78 is 13.2. The number of hydrogen-bond donors (Lipinski definition) is 0.